The fourth-order valence-corrected chi connectivity index (χ4v) is 5.03. The highest BCUT2D eigenvalue weighted by atomic mass is 16.5. The van der Waals surface area contributed by atoms with Crippen LogP contribution >= 0.6 is 0 Å². The third kappa shape index (κ3) is 4.58. The van der Waals surface area contributed by atoms with E-state index in [-0.39, 0.29) is 17.7 Å². The van der Waals surface area contributed by atoms with Gasteiger partial charge in [-0.1, -0.05) is 60.3 Å². The van der Waals surface area contributed by atoms with Crippen LogP contribution in [0, 0.1) is 11.8 Å². The lowest BCUT2D eigenvalue weighted by atomic mass is 9.81. The molecule has 1 aromatic rings. The number of rotatable bonds is 8. The van der Waals surface area contributed by atoms with Crippen LogP contribution in [0.3, 0.4) is 0 Å². The molecule has 0 saturated heterocycles. The molecule has 3 atom stereocenters. The monoisotopic (exact) mass is 426 g/mol. The summed E-state index contributed by atoms with van der Waals surface area (Å²) >= 11 is 0. The second kappa shape index (κ2) is 9.18. The Bertz CT molecular complexity index is 893. The first-order chi connectivity index (χ1) is 14.6. The van der Waals surface area contributed by atoms with Gasteiger partial charge in [0.05, 0.1) is 5.56 Å². The molecule has 3 rings (SSSR count). The van der Waals surface area contributed by atoms with Gasteiger partial charge in [-0.25, -0.2) is 0 Å². The summed E-state index contributed by atoms with van der Waals surface area (Å²) in [4.78, 5) is 25.1. The number of benzene rings is 1. The van der Waals surface area contributed by atoms with Crippen molar-refractivity contribution in [1.82, 2.24) is 0 Å². The van der Waals surface area contributed by atoms with Crippen molar-refractivity contribution in [3.63, 3.8) is 0 Å². The van der Waals surface area contributed by atoms with E-state index in [0.29, 0.717) is 30.4 Å². The molecular formula is C27H38O4. The second-order valence-corrected chi connectivity index (χ2v) is 9.91. The van der Waals surface area contributed by atoms with Crippen molar-refractivity contribution in [2.24, 2.45) is 11.8 Å². The zero-order valence-electron chi connectivity index (χ0n) is 20.3. The SMILES string of the molecule is CCCCCC(C)C(C)c1cc(OC(=O)CC)c2c(c1)OC(C)(C)C1=C2C(C)CC1=O. The van der Waals surface area contributed by atoms with E-state index in [1.807, 2.05) is 19.9 Å². The van der Waals surface area contributed by atoms with E-state index in [4.69, 9.17) is 9.47 Å². The number of esters is 1. The summed E-state index contributed by atoms with van der Waals surface area (Å²) in [6.45, 7) is 14.5. The zero-order chi connectivity index (χ0) is 22.9. The zero-order valence-corrected chi connectivity index (χ0v) is 20.3. The number of ketones is 1. The molecule has 4 heteroatoms. The molecule has 0 amide bonds. The van der Waals surface area contributed by atoms with Gasteiger partial charge in [0.1, 0.15) is 17.1 Å². The van der Waals surface area contributed by atoms with Crippen LogP contribution < -0.4 is 9.47 Å². The van der Waals surface area contributed by atoms with Gasteiger partial charge in [0.25, 0.3) is 0 Å². The number of hydrogen-bond acceptors (Lipinski definition) is 4. The first kappa shape index (κ1) is 23.6. The Labute approximate surface area is 187 Å². The molecule has 1 aromatic carbocycles. The van der Waals surface area contributed by atoms with Crippen molar-refractivity contribution in [2.75, 3.05) is 0 Å². The van der Waals surface area contributed by atoms with Gasteiger partial charge < -0.3 is 9.47 Å². The minimum atomic E-state index is -0.690. The summed E-state index contributed by atoms with van der Waals surface area (Å²) in [6, 6.07) is 4.12. The Kier molecular flexibility index (Phi) is 6.98. The third-order valence-corrected chi connectivity index (χ3v) is 7.01. The molecule has 0 bridgehead atoms. The molecule has 1 aliphatic carbocycles. The molecule has 0 spiro atoms. The first-order valence-electron chi connectivity index (χ1n) is 12.0. The number of hydrogen-bond donors (Lipinski definition) is 0. The van der Waals surface area contributed by atoms with Gasteiger partial charge in [-0.2, -0.15) is 0 Å². The molecule has 0 N–H and O–H groups in total. The Balaban J connectivity index is 2.10. The summed E-state index contributed by atoms with van der Waals surface area (Å²) in [5.74, 6) is 2.04. The van der Waals surface area contributed by atoms with Crippen molar-refractivity contribution >= 4 is 17.3 Å². The normalized spacial score (nSPS) is 21.3. The minimum Gasteiger partial charge on any atom is -0.482 e. The molecule has 31 heavy (non-hydrogen) atoms. The van der Waals surface area contributed by atoms with Crippen molar-refractivity contribution < 1.29 is 19.1 Å². The van der Waals surface area contributed by atoms with Gasteiger partial charge in [0.15, 0.2) is 5.78 Å². The fraction of sp³-hybridized carbons (Fsp3) is 0.630. The highest BCUT2D eigenvalue weighted by molar-refractivity contribution is 6.11. The lowest BCUT2D eigenvalue weighted by Crippen LogP contribution is -2.36. The standard InChI is InChI=1S/C27H38O4/c1-8-10-11-12-16(3)18(5)19-14-21(30-23(29)9-2)25-22(15-19)31-27(6,7)26-20(28)13-17(4)24(25)26/h14-18H,8-13H2,1-7H3. The Morgan fingerprint density at radius 2 is 1.94 bits per heavy atom. The van der Waals surface area contributed by atoms with E-state index in [1.165, 1.54) is 25.7 Å². The Hall–Kier alpha value is -2.10. The van der Waals surface area contributed by atoms with E-state index in [1.54, 1.807) is 6.92 Å². The van der Waals surface area contributed by atoms with Crippen LogP contribution in [0.15, 0.2) is 17.7 Å². The van der Waals surface area contributed by atoms with E-state index in [2.05, 4.69) is 33.8 Å². The summed E-state index contributed by atoms with van der Waals surface area (Å²) in [5.41, 5.74) is 2.95. The summed E-state index contributed by atoms with van der Waals surface area (Å²) in [5, 5.41) is 0. The van der Waals surface area contributed by atoms with E-state index < -0.39 is 5.60 Å². The van der Waals surface area contributed by atoms with Crippen LogP contribution in [0.2, 0.25) is 0 Å². The van der Waals surface area contributed by atoms with Crippen LogP contribution in [-0.4, -0.2) is 17.4 Å². The quantitative estimate of drug-likeness (QED) is 0.259. The highest BCUT2D eigenvalue weighted by Gasteiger charge is 2.46. The fourth-order valence-electron chi connectivity index (χ4n) is 5.03. The molecule has 0 fully saturated rings. The molecular weight excluding hydrogens is 388 g/mol. The molecule has 1 heterocycles. The molecule has 0 saturated carbocycles. The Morgan fingerprint density at radius 3 is 2.58 bits per heavy atom. The molecule has 170 valence electrons. The maximum Gasteiger partial charge on any atom is 0.310 e. The number of fused-ring (bicyclic) bond motifs is 2. The summed E-state index contributed by atoms with van der Waals surface area (Å²) < 4.78 is 12.2. The number of unbranched alkanes of at least 4 members (excludes halogenated alkanes) is 2. The van der Waals surface area contributed by atoms with Gasteiger partial charge in [-0.15, -0.1) is 0 Å². The Morgan fingerprint density at radius 1 is 1.23 bits per heavy atom. The average Bonchev–Trinajstić information content (AvgIpc) is 3.01. The van der Waals surface area contributed by atoms with Crippen LogP contribution in [-0.2, 0) is 9.59 Å². The molecule has 4 nitrogen and oxygen atoms in total. The number of Topliss-reactive ketones (excluding diaryl/α,β-unsaturated/α-hetero) is 1. The van der Waals surface area contributed by atoms with Gasteiger partial charge in [-0.05, 0) is 54.9 Å². The third-order valence-electron chi connectivity index (χ3n) is 7.01. The van der Waals surface area contributed by atoms with Crippen molar-refractivity contribution in [2.45, 2.75) is 98.5 Å². The summed E-state index contributed by atoms with van der Waals surface area (Å²) in [7, 11) is 0. The molecule has 0 aromatic heterocycles. The van der Waals surface area contributed by atoms with Crippen molar-refractivity contribution in [1.29, 1.82) is 0 Å². The number of carbonyl (C=O) groups is 2. The molecule has 2 aliphatic rings. The van der Waals surface area contributed by atoms with Crippen LogP contribution in [0.4, 0.5) is 0 Å². The summed E-state index contributed by atoms with van der Waals surface area (Å²) in [6.07, 6.45) is 5.64. The van der Waals surface area contributed by atoms with E-state index >= 15 is 0 Å². The van der Waals surface area contributed by atoms with Crippen LogP contribution in [0.25, 0.3) is 5.57 Å². The predicted molar refractivity (Wildman–Crippen MR) is 125 cm³/mol. The van der Waals surface area contributed by atoms with Gasteiger partial charge >= 0.3 is 5.97 Å². The molecule has 3 unspecified atom stereocenters. The maximum atomic E-state index is 12.8. The number of carbonyl (C=O) groups excluding carboxylic acids is 2. The van der Waals surface area contributed by atoms with Crippen LogP contribution in [0.5, 0.6) is 11.5 Å². The van der Waals surface area contributed by atoms with Crippen molar-refractivity contribution in [3.05, 3.63) is 28.8 Å². The second-order valence-electron chi connectivity index (χ2n) is 9.91. The highest BCUT2D eigenvalue weighted by Crippen LogP contribution is 2.53. The van der Waals surface area contributed by atoms with E-state index in [0.717, 1.165) is 28.0 Å². The van der Waals surface area contributed by atoms with Gasteiger partial charge in [0, 0.05) is 18.4 Å². The average molecular weight is 427 g/mol. The van der Waals surface area contributed by atoms with Crippen molar-refractivity contribution in [3.8, 4) is 11.5 Å². The lowest BCUT2D eigenvalue weighted by Gasteiger charge is -2.36. The largest absolute Gasteiger partial charge is 0.482 e. The van der Waals surface area contributed by atoms with Gasteiger partial charge in [0.2, 0.25) is 0 Å². The van der Waals surface area contributed by atoms with E-state index in [9.17, 15) is 9.59 Å². The molecule has 0 radical (unpaired) electrons. The lowest BCUT2D eigenvalue weighted by molar-refractivity contribution is -0.134. The smallest absolute Gasteiger partial charge is 0.310 e. The maximum absolute atomic E-state index is 12.8. The predicted octanol–water partition coefficient (Wildman–Crippen LogP) is 6.86. The van der Waals surface area contributed by atoms with Crippen LogP contribution in [0.1, 0.15) is 104 Å². The number of ether oxygens (including phenoxy) is 2. The minimum absolute atomic E-state index is 0.0831. The van der Waals surface area contributed by atoms with Gasteiger partial charge in [-0.3, -0.25) is 9.59 Å². The topological polar surface area (TPSA) is 52.6 Å². The number of allylic oxidation sites excluding steroid dienone is 1. The first-order valence-corrected chi connectivity index (χ1v) is 12.0. The molecule has 1 aliphatic heterocycles.